The third kappa shape index (κ3) is 3.02. The molecule has 4 rings (SSSR count). The molecule has 0 saturated heterocycles. The summed E-state index contributed by atoms with van der Waals surface area (Å²) in [7, 11) is 0. The molecule has 27 heavy (non-hydrogen) atoms. The minimum atomic E-state index is -0.323. The van der Waals surface area contributed by atoms with Crippen LogP contribution in [-0.4, -0.2) is 17.0 Å². The van der Waals surface area contributed by atoms with Crippen molar-refractivity contribution in [2.24, 2.45) is 0 Å². The average molecular weight is 355 g/mol. The lowest BCUT2D eigenvalue weighted by Crippen LogP contribution is -1.98. The van der Waals surface area contributed by atoms with E-state index in [1.54, 1.807) is 0 Å². The molecule has 0 N–H and O–H groups in total. The molecule has 3 nitrogen and oxygen atoms in total. The summed E-state index contributed by atoms with van der Waals surface area (Å²) in [5.41, 5.74) is 5.54. The lowest BCUT2D eigenvalue weighted by Gasteiger charge is -2.06. The predicted molar refractivity (Wildman–Crippen MR) is 111 cm³/mol. The highest BCUT2D eigenvalue weighted by Crippen LogP contribution is 2.37. The number of pyridine rings is 1. The molecule has 0 aliphatic rings. The molecule has 4 aromatic rings. The summed E-state index contributed by atoms with van der Waals surface area (Å²) in [6.45, 7) is 4.26. The zero-order valence-electron chi connectivity index (χ0n) is 15.5. The number of benzene rings is 2. The van der Waals surface area contributed by atoms with Gasteiger partial charge in [-0.15, -0.1) is 0 Å². The number of nitrogens with zero attached hydrogens (tertiary/aromatic N) is 1. The fraction of sp³-hybridized carbons (Fsp3) is 0.125. The molecule has 3 heteroatoms. The van der Waals surface area contributed by atoms with E-state index in [4.69, 9.17) is 4.74 Å². The van der Waals surface area contributed by atoms with E-state index in [1.807, 2.05) is 31.2 Å². The molecule has 0 saturated carbocycles. The Morgan fingerprint density at radius 3 is 2.56 bits per heavy atom. The van der Waals surface area contributed by atoms with Crippen LogP contribution in [0.15, 0.2) is 72.9 Å². The predicted octanol–water partition coefficient (Wildman–Crippen LogP) is 5.64. The molecule has 0 fully saturated rings. The maximum Gasteiger partial charge on any atom is 0.330 e. The number of fused-ring (bicyclic) bond motifs is 3. The van der Waals surface area contributed by atoms with Crippen molar-refractivity contribution in [1.29, 1.82) is 0 Å². The van der Waals surface area contributed by atoms with Crippen molar-refractivity contribution in [2.45, 2.75) is 13.8 Å². The zero-order chi connectivity index (χ0) is 18.8. The van der Waals surface area contributed by atoms with Gasteiger partial charge >= 0.3 is 5.97 Å². The van der Waals surface area contributed by atoms with Gasteiger partial charge in [0.15, 0.2) is 0 Å². The Balaban J connectivity index is 2.06. The summed E-state index contributed by atoms with van der Waals surface area (Å²) in [4.78, 5) is 11.9. The second kappa shape index (κ2) is 7.12. The van der Waals surface area contributed by atoms with Crippen molar-refractivity contribution < 1.29 is 9.53 Å². The molecule has 2 aromatic heterocycles. The second-order valence-electron chi connectivity index (χ2n) is 6.45. The number of carbonyl (C=O) groups is 1. The minimum absolute atomic E-state index is 0.323. The number of aryl methyl sites for hydroxylation is 1. The summed E-state index contributed by atoms with van der Waals surface area (Å²) in [6.07, 6.45) is 5.48. The Morgan fingerprint density at radius 2 is 1.78 bits per heavy atom. The van der Waals surface area contributed by atoms with Crippen molar-refractivity contribution in [2.75, 3.05) is 6.61 Å². The van der Waals surface area contributed by atoms with Gasteiger partial charge in [0.25, 0.3) is 0 Å². The van der Waals surface area contributed by atoms with Crippen molar-refractivity contribution in [3.8, 4) is 11.1 Å². The van der Waals surface area contributed by atoms with Crippen LogP contribution in [0.3, 0.4) is 0 Å². The van der Waals surface area contributed by atoms with Gasteiger partial charge in [0, 0.05) is 34.5 Å². The molecule has 0 bridgehead atoms. The topological polar surface area (TPSA) is 30.7 Å². The first-order chi connectivity index (χ1) is 13.2. The van der Waals surface area contributed by atoms with Crippen molar-refractivity contribution >= 4 is 28.3 Å². The molecule has 0 amide bonds. The van der Waals surface area contributed by atoms with Crippen LogP contribution in [0.1, 0.15) is 18.2 Å². The SMILES string of the molecule is CCOC(=O)C=Cc1c(-c2ccccc2)c2c3ccccc3ccn2c1C. The first-order valence-corrected chi connectivity index (χ1v) is 9.13. The van der Waals surface area contributed by atoms with E-state index >= 15 is 0 Å². The highest BCUT2D eigenvalue weighted by molar-refractivity contribution is 6.07. The van der Waals surface area contributed by atoms with Crippen LogP contribution < -0.4 is 0 Å². The third-order valence-electron chi connectivity index (χ3n) is 4.85. The van der Waals surface area contributed by atoms with Gasteiger partial charge in [-0.1, -0.05) is 54.6 Å². The van der Waals surface area contributed by atoms with Crippen LogP contribution in [0.2, 0.25) is 0 Å². The second-order valence-corrected chi connectivity index (χ2v) is 6.45. The van der Waals surface area contributed by atoms with E-state index in [2.05, 4.69) is 60.0 Å². The van der Waals surface area contributed by atoms with Crippen LogP contribution in [0.4, 0.5) is 0 Å². The summed E-state index contributed by atoms with van der Waals surface area (Å²) in [5, 5.41) is 2.39. The zero-order valence-corrected chi connectivity index (χ0v) is 15.5. The van der Waals surface area contributed by atoms with E-state index in [0.717, 1.165) is 27.9 Å². The lowest BCUT2D eigenvalue weighted by molar-refractivity contribution is -0.137. The lowest BCUT2D eigenvalue weighted by atomic mass is 9.98. The summed E-state index contributed by atoms with van der Waals surface area (Å²) in [5.74, 6) is -0.323. The molecule has 2 heterocycles. The van der Waals surface area contributed by atoms with Gasteiger partial charge in [0.1, 0.15) is 0 Å². The molecule has 0 spiro atoms. The molecule has 0 aliphatic heterocycles. The molecule has 134 valence electrons. The number of rotatable bonds is 4. The fourth-order valence-electron chi connectivity index (χ4n) is 3.63. The number of ether oxygens (including phenoxy) is 1. The number of carbonyl (C=O) groups excluding carboxylic acids is 1. The number of hydrogen-bond donors (Lipinski definition) is 0. The molecular weight excluding hydrogens is 334 g/mol. The Morgan fingerprint density at radius 1 is 1.04 bits per heavy atom. The largest absolute Gasteiger partial charge is 0.463 e. The van der Waals surface area contributed by atoms with Gasteiger partial charge in [-0.05, 0) is 36.9 Å². The van der Waals surface area contributed by atoms with Gasteiger partial charge in [-0.25, -0.2) is 4.79 Å². The van der Waals surface area contributed by atoms with Crippen LogP contribution in [0, 0.1) is 6.92 Å². The van der Waals surface area contributed by atoms with Crippen molar-refractivity contribution in [3.05, 3.63) is 84.2 Å². The Bertz CT molecular complexity index is 1150. The number of esters is 1. The summed E-state index contributed by atoms with van der Waals surface area (Å²) < 4.78 is 7.26. The maximum absolute atomic E-state index is 11.9. The standard InChI is InChI=1S/C24H21NO2/c1-3-27-22(26)14-13-20-17(2)25-16-15-18-9-7-8-12-21(18)24(25)23(20)19-10-5-4-6-11-19/h4-16H,3H2,1-2H3. The number of hydrogen-bond acceptors (Lipinski definition) is 2. The molecule has 0 aliphatic carbocycles. The molecule has 0 atom stereocenters. The number of aromatic nitrogens is 1. The van der Waals surface area contributed by atoms with E-state index in [-0.39, 0.29) is 5.97 Å². The van der Waals surface area contributed by atoms with Crippen molar-refractivity contribution in [1.82, 2.24) is 4.40 Å². The monoisotopic (exact) mass is 355 g/mol. The van der Waals surface area contributed by atoms with Crippen LogP contribution >= 0.6 is 0 Å². The Kier molecular flexibility index (Phi) is 4.51. The van der Waals surface area contributed by atoms with Crippen LogP contribution in [0.25, 0.3) is 33.5 Å². The van der Waals surface area contributed by atoms with Gasteiger partial charge in [0.05, 0.1) is 12.1 Å². The molecular formula is C24H21NO2. The normalized spacial score (nSPS) is 11.5. The molecule has 0 radical (unpaired) electrons. The highest BCUT2D eigenvalue weighted by atomic mass is 16.5. The minimum Gasteiger partial charge on any atom is -0.463 e. The maximum atomic E-state index is 11.9. The Labute approximate surface area is 158 Å². The Hall–Kier alpha value is -3.33. The van der Waals surface area contributed by atoms with Crippen molar-refractivity contribution in [3.63, 3.8) is 0 Å². The van der Waals surface area contributed by atoms with E-state index < -0.39 is 0 Å². The quantitative estimate of drug-likeness (QED) is 0.350. The van der Waals surface area contributed by atoms with Gasteiger partial charge < -0.3 is 9.14 Å². The van der Waals surface area contributed by atoms with E-state index in [0.29, 0.717) is 6.61 Å². The smallest absolute Gasteiger partial charge is 0.330 e. The van der Waals surface area contributed by atoms with E-state index in [1.165, 1.54) is 16.8 Å². The van der Waals surface area contributed by atoms with Crippen LogP contribution in [-0.2, 0) is 9.53 Å². The highest BCUT2D eigenvalue weighted by Gasteiger charge is 2.17. The first-order valence-electron chi connectivity index (χ1n) is 9.13. The van der Waals surface area contributed by atoms with E-state index in [9.17, 15) is 4.79 Å². The van der Waals surface area contributed by atoms with Crippen LogP contribution in [0.5, 0.6) is 0 Å². The first kappa shape index (κ1) is 17.1. The van der Waals surface area contributed by atoms with Gasteiger partial charge in [-0.2, -0.15) is 0 Å². The summed E-state index contributed by atoms with van der Waals surface area (Å²) >= 11 is 0. The average Bonchev–Trinajstić information content (AvgIpc) is 2.99. The fourth-order valence-corrected chi connectivity index (χ4v) is 3.63. The summed E-state index contributed by atoms with van der Waals surface area (Å²) in [6, 6.07) is 20.8. The van der Waals surface area contributed by atoms with Gasteiger partial charge in [-0.3, -0.25) is 0 Å². The molecule has 0 unspecified atom stereocenters. The van der Waals surface area contributed by atoms with Gasteiger partial charge in [0.2, 0.25) is 0 Å². The molecule has 2 aromatic carbocycles. The third-order valence-corrected chi connectivity index (χ3v) is 4.85.